The normalized spacial score (nSPS) is 11.5. The lowest BCUT2D eigenvalue weighted by atomic mass is 10.3. The zero-order chi connectivity index (χ0) is 22.2. The number of carbonyl (C=O) groups excluding carboxylic acids is 1. The Hall–Kier alpha value is -3.79. The van der Waals surface area contributed by atoms with E-state index >= 15 is 0 Å². The zero-order valence-electron chi connectivity index (χ0n) is 15.8. The van der Waals surface area contributed by atoms with Crippen molar-refractivity contribution in [3.8, 4) is 0 Å². The summed E-state index contributed by atoms with van der Waals surface area (Å²) in [5, 5.41) is 2.36. The summed E-state index contributed by atoms with van der Waals surface area (Å²) in [6.07, 6.45) is 0. The summed E-state index contributed by atoms with van der Waals surface area (Å²) in [5.74, 6) is -1.99. The molecule has 10 heteroatoms. The van der Waals surface area contributed by atoms with Gasteiger partial charge >= 0.3 is 5.69 Å². The van der Waals surface area contributed by atoms with Crippen LogP contribution in [0.25, 0.3) is 11.0 Å². The van der Waals surface area contributed by atoms with Crippen molar-refractivity contribution in [2.45, 2.75) is 11.4 Å². The molecule has 0 aliphatic heterocycles. The Morgan fingerprint density at radius 2 is 1.48 bits per heavy atom. The number of rotatable bonds is 5. The molecular formula is C21H15F2N3O4S. The summed E-state index contributed by atoms with van der Waals surface area (Å²) < 4.78 is 54.8. The molecule has 0 fully saturated rings. The number of hydrogen-bond acceptors (Lipinski definition) is 4. The van der Waals surface area contributed by atoms with E-state index in [9.17, 15) is 26.8 Å². The van der Waals surface area contributed by atoms with E-state index in [2.05, 4.69) is 5.32 Å². The lowest BCUT2D eigenvalue weighted by molar-refractivity contribution is -0.116. The molecule has 0 aliphatic rings. The van der Waals surface area contributed by atoms with Gasteiger partial charge in [0.2, 0.25) is 5.91 Å². The number of imidazole rings is 1. The molecule has 0 saturated heterocycles. The van der Waals surface area contributed by atoms with E-state index in [0.29, 0.717) is 3.97 Å². The summed E-state index contributed by atoms with van der Waals surface area (Å²) in [4.78, 5) is 25.2. The number of amides is 1. The predicted octanol–water partition coefficient (Wildman–Crippen LogP) is 2.96. The van der Waals surface area contributed by atoms with Gasteiger partial charge < -0.3 is 5.32 Å². The molecular weight excluding hydrogens is 428 g/mol. The van der Waals surface area contributed by atoms with Gasteiger partial charge in [0.05, 0.1) is 21.6 Å². The Labute approximate surface area is 175 Å². The van der Waals surface area contributed by atoms with Gasteiger partial charge in [-0.15, -0.1) is 0 Å². The highest BCUT2D eigenvalue weighted by Crippen LogP contribution is 2.20. The number of nitrogens with zero attached hydrogens (tertiary/aromatic N) is 2. The smallest absolute Gasteiger partial charge is 0.322 e. The Bertz CT molecular complexity index is 1460. The van der Waals surface area contributed by atoms with Crippen LogP contribution in [0.2, 0.25) is 0 Å². The Morgan fingerprint density at radius 1 is 0.871 bits per heavy atom. The van der Waals surface area contributed by atoms with Crippen LogP contribution in [-0.4, -0.2) is 22.9 Å². The van der Waals surface area contributed by atoms with Gasteiger partial charge in [-0.3, -0.25) is 9.36 Å². The minimum Gasteiger partial charge on any atom is -0.322 e. The van der Waals surface area contributed by atoms with Crippen molar-refractivity contribution in [2.24, 2.45) is 0 Å². The summed E-state index contributed by atoms with van der Waals surface area (Å²) in [7, 11) is -4.37. The van der Waals surface area contributed by atoms with E-state index in [1.807, 2.05) is 0 Å². The third-order valence-corrected chi connectivity index (χ3v) is 6.30. The second-order valence-electron chi connectivity index (χ2n) is 6.61. The van der Waals surface area contributed by atoms with Crippen LogP contribution in [0.3, 0.4) is 0 Å². The van der Waals surface area contributed by atoms with Gasteiger partial charge in [-0.2, -0.15) is 3.97 Å². The van der Waals surface area contributed by atoms with E-state index in [1.54, 1.807) is 12.1 Å². The van der Waals surface area contributed by atoms with Gasteiger partial charge in [0.1, 0.15) is 18.2 Å². The molecule has 0 radical (unpaired) electrons. The van der Waals surface area contributed by atoms with E-state index in [-0.39, 0.29) is 21.6 Å². The second-order valence-corrected chi connectivity index (χ2v) is 8.40. The first-order valence-electron chi connectivity index (χ1n) is 9.05. The number of carbonyl (C=O) groups is 1. The number of para-hydroxylation sites is 3. The highest BCUT2D eigenvalue weighted by Gasteiger charge is 2.26. The fourth-order valence-corrected chi connectivity index (χ4v) is 4.58. The highest BCUT2D eigenvalue weighted by atomic mass is 32.2. The molecule has 0 spiro atoms. The average Bonchev–Trinajstić information content (AvgIpc) is 3.02. The van der Waals surface area contributed by atoms with Gasteiger partial charge in [0.15, 0.2) is 0 Å². The Morgan fingerprint density at radius 3 is 2.16 bits per heavy atom. The van der Waals surface area contributed by atoms with Gasteiger partial charge in [-0.1, -0.05) is 24.3 Å². The first-order valence-corrected chi connectivity index (χ1v) is 10.5. The number of halogens is 2. The van der Waals surface area contributed by atoms with E-state index < -0.39 is 39.8 Å². The molecule has 0 aliphatic carbocycles. The molecule has 1 heterocycles. The molecule has 7 nitrogen and oxygen atoms in total. The lowest BCUT2D eigenvalue weighted by Crippen LogP contribution is -2.32. The van der Waals surface area contributed by atoms with Gasteiger partial charge in [-0.05, 0) is 48.5 Å². The van der Waals surface area contributed by atoms with Crippen molar-refractivity contribution in [1.82, 2.24) is 8.54 Å². The van der Waals surface area contributed by atoms with Crippen LogP contribution < -0.4 is 11.0 Å². The maximum atomic E-state index is 13.8. The number of anilines is 1. The van der Waals surface area contributed by atoms with Crippen molar-refractivity contribution in [1.29, 1.82) is 0 Å². The van der Waals surface area contributed by atoms with E-state index in [0.717, 1.165) is 28.8 Å². The fourth-order valence-electron chi connectivity index (χ4n) is 3.17. The minimum absolute atomic E-state index is 0.0514. The van der Waals surface area contributed by atoms with Crippen LogP contribution in [0, 0.1) is 11.6 Å². The van der Waals surface area contributed by atoms with E-state index in [1.165, 1.54) is 36.4 Å². The SMILES string of the molecule is O=C(Cn1c(=O)n(S(=O)(=O)c2ccc(F)cc2)c2ccccc21)Nc1ccccc1F. The van der Waals surface area contributed by atoms with Crippen LogP contribution in [0.1, 0.15) is 0 Å². The molecule has 4 rings (SSSR count). The van der Waals surface area contributed by atoms with Crippen LogP contribution in [0.15, 0.2) is 82.5 Å². The third-order valence-electron chi connectivity index (χ3n) is 4.60. The van der Waals surface area contributed by atoms with Crippen molar-refractivity contribution in [3.05, 3.63) is 94.9 Å². The number of nitrogens with one attached hydrogen (secondary N) is 1. The number of fused-ring (bicyclic) bond motifs is 1. The largest absolute Gasteiger partial charge is 0.343 e. The molecule has 3 aromatic carbocycles. The second kappa shape index (κ2) is 7.80. The van der Waals surface area contributed by atoms with Gasteiger partial charge in [-0.25, -0.2) is 22.0 Å². The topological polar surface area (TPSA) is 90.2 Å². The van der Waals surface area contributed by atoms with Crippen molar-refractivity contribution in [3.63, 3.8) is 0 Å². The maximum absolute atomic E-state index is 13.8. The highest BCUT2D eigenvalue weighted by molar-refractivity contribution is 7.90. The van der Waals surface area contributed by atoms with Crippen LogP contribution >= 0.6 is 0 Å². The summed E-state index contributed by atoms with van der Waals surface area (Å²) in [6, 6.07) is 15.6. The Kier molecular flexibility index (Phi) is 5.15. The summed E-state index contributed by atoms with van der Waals surface area (Å²) in [6.45, 7) is -0.542. The fraction of sp³-hybridized carbons (Fsp3) is 0.0476. The quantitative estimate of drug-likeness (QED) is 0.514. The number of hydrogen-bond donors (Lipinski definition) is 1. The number of aromatic nitrogens is 2. The summed E-state index contributed by atoms with van der Waals surface area (Å²) in [5.41, 5.74) is -0.796. The zero-order valence-corrected chi connectivity index (χ0v) is 16.6. The van der Waals surface area contributed by atoms with Crippen molar-refractivity contribution >= 4 is 32.7 Å². The first-order chi connectivity index (χ1) is 14.8. The molecule has 0 bridgehead atoms. The summed E-state index contributed by atoms with van der Waals surface area (Å²) >= 11 is 0. The molecule has 1 aromatic heterocycles. The van der Waals surface area contributed by atoms with Crippen molar-refractivity contribution in [2.75, 3.05) is 5.32 Å². The Balaban J connectivity index is 1.79. The van der Waals surface area contributed by atoms with Crippen LogP contribution in [0.5, 0.6) is 0 Å². The molecule has 1 N–H and O–H groups in total. The standard InChI is InChI=1S/C21H15F2N3O4S/c22-14-9-11-15(12-10-14)31(29,30)26-19-8-4-3-7-18(19)25(21(26)28)13-20(27)24-17-6-2-1-5-16(17)23/h1-12H,13H2,(H,24,27). The van der Waals surface area contributed by atoms with Crippen LogP contribution in [-0.2, 0) is 21.4 Å². The molecule has 0 saturated carbocycles. The van der Waals surface area contributed by atoms with Crippen LogP contribution in [0.4, 0.5) is 14.5 Å². The molecule has 0 atom stereocenters. The molecule has 0 unspecified atom stereocenters. The third kappa shape index (κ3) is 3.73. The van der Waals surface area contributed by atoms with Gasteiger partial charge in [0.25, 0.3) is 10.0 Å². The minimum atomic E-state index is -4.37. The van der Waals surface area contributed by atoms with E-state index in [4.69, 9.17) is 0 Å². The molecule has 4 aromatic rings. The predicted molar refractivity (Wildman–Crippen MR) is 110 cm³/mol. The maximum Gasteiger partial charge on any atom is 0.343 e. The average molecular weight is 443 g/mol. The molecule has 1 amide bonds. The molecule has 158 valence electrons. The van der Waals surface area contributed by atoms with Gasteiger partial charge in [0, 0.05) is 0 Å². The lowest BCUT2D eigenvalue weighted by Gasteiger charge is -2.07. The molecule has 31 heavy (non-hydrogen) atoms. The first kappa shape index (κ1) is 20.5. The number of benzene rings is 3. The van der Waals surface area contributed by atoms with Crippen molar-refractivity contribution < 1.29 is 22.0 Å². The monoisotopic (exact) mass is 443 g/mol.